The number of nitrogens with zero attached hydrogens (tertiary/aromatic N) is 3. The van der Waals surface area contributed by atoms with Crippen molar-refractivity contribution in [3.05, 3.63) is 118 Å². The number of sulfonamides is 1. The third-order valence-corrected chi connectivity index (χ3v) is 9.17. The number of carbonyl (C=O) groups is 1. The van der Waals surface area contributed by atoms with Gasteiger partial charge in [-0.2, -0.15) is 4.31 Å². The van der Waals surface area contributed by atoms with Crippen molar-refractivity contribution in [1.29, 1.82) is 0 Å². The van der Waals surface area contributed by atoms with Gasteiger partial charge < -0.3 is 14.2 Å². The number of piperazine rings is 1. The minimum Gasteiger partial charge on any atom is -0.464 e. The number of hydrogen-bond acceptors (Lipinski definition) is 6. The van der Waals surface area contributed by atoms with Crippen LogP contribution < -0.4 is 5.43 Å². The smallest absolute Gasteiger partial charge is 0.355 e. The first-order chi connectivity index (χ1) is 20.1. The Balaban J connectivity index is 0.00000129. The van der Waals surface area contributed by atoms with E-state index in [1.54, 1.807) is 53.1 Å². The van der Waals surface area contributed by atoms with Crippen molar-refractivity contribution in [2.24, 2.45) is 0 Å². The van der Waals surface area contributed by atoms with Crippen molar-refractivity contribution in [3.63, 3.8) is 0 Å². The molecule has 0 atom stereocenters. The number of allylic oxidation sites excluding steroid dienone is 1. The van der Waals surface area contributed by atoms with Gasteiger partial charge in [0.25, 0.3) is 0 Å². The van der Waals surface area contributed by atoms with Gasteiger partial charge in [-0.1, -0.05) is 48.0 Å². The second-order valence-corrected chi connectivity index (χ2v) is 12.3. The number of rotatable bonds is 6. The van der Waals surface area contributed by atoms with Gasteiger partial charge in [0.1, 0.15) is 5.69 Å². The number of aromatic nitrogens is 1. The molecule has 0 bridgehead atoms. The molecule has 3 aromatic carbocycles. The molecule has 2 heterocycles. The fraction of sp³-hybridized carbons (Fsp3) is 0.250. The SMILES string of the molecule is C=CC.COC(=O)c1c(Cc2ccc(S(=O)(=O)N3CCN(C)CC3)cc2)c(=O)c2ccc(Cl)cc2n1-c1ccccc1. The van der Waals surface area contributed by atoms with E-state index in [1.165, 1.54) is 11.4 Å². The lowest BCUT2D eigenvalue weighted by atomic mass is 9.99. The summed E-state index contributed by atoms with van der Waals surface area (Å²) in [7, 11) is -0.394. The second-order valence-electron chi connectivity index (χ2n) is 9.92. The normalized spacial score (nSPS) is 14.2. The van der Waals surface area contributed by atoms with E-state index in [2.05, 4.69) is 11.5 Å². The maximum absolute atomic E-state index is 13.8. The molecule has 8 nitrogen and oxygen atoms in total. The lowest BCUT2D eigenvalue weighted by molar-refractivity contribution is 0.0590. The molecule has 0 aliphatic carbocycles. The van der Waals surface area contributed by atoms with Gasteiger partial charge in [-0.3, -0.25) is 4.79 Å². The molecule has 5 rings (SSSR count). The van der Waals surface area contributed by atoms with Gasteiger partial charge in [-0.15, -0.1) is 6.58 Å². The van der Waals surface area contributed by atoms with E-state index in [4.69, 9.17) is 16.3 Å². The van der Waals surface area contributed by atoms with Gasteiger partial charge in [0.2, 0.25) is 10.0 Å². The number of pyridine rings is 1. The van der Waals surface area contributed by atoms with E-state index < -0.39 is 16.0 Å². The van der Waals surface area contributed by atoms with Gasteiger partial charge >= 0.3 is 5.97 Å². The van der Waals surface area contributed by atoms with Gasteiger partial charge in [0.15, 0.2) is 5.43 Å². The third-order valence-electron chi connectivity index (χ3n) is 7.03. The number of esters is 1. The molecule has 10 heteroatoms. The Kier molecular flexibility index (Phi) is 10.0. The molecule has 0 radical (unpaired) electrons. The number of halogens is 1. The van der Waals surface area contributed by atoms with Crippen LogP contribution in [0, 0.1) is 0 Å². The molecule has 0 saturated carbocycles. The molecule has 1 aliphatic heterocycles. The Morgan fingerprint density at radius 2 is 1.62 bits per heavy atom. The Morgan fingerprint density at radius 3 is 2.21 bits per heavy atom. The first kappa shape index (κ1) is 31.2. The minimum absolute atomic E-state index is 0.0950. The average molecular weight is 608 g/mol. The van der Waals surface area contributed by atoms with Crippen molar-refractivity contribution in [1.82, 2.24) is 13.8 Å². The van der Waals surface area contributed by atoms with Crippen molar-refractivity contribution >= 4 is 38.5 Å². The average Bonchev–Trinajstić information content (AvgIpc) is 2.99. The maximum atomic E-state index is 13.8. The first-order valence-corrected chi connectivity index (χ1v) is 15.3. The standard InChI is InChI=1S/C29H28ClN3O5S.C3H6/c1-31-14-16-32(17-15-31)39(36,37)23-11-8-20(9-12-23)18-25-27(29(35)38-2)33(22-6-4-3-5-7-22)26-19-21(30)10-13-24(26)28(25)34;1-3-2/h3-13,19H,14-18H2,1-2H3;3H,1H2,2H3. The predicted octanol–water partition coefficient (Wildman–Crippen LogP) is 5.15. The number of benzene rings is 3. The highest BCUT2D eigenvalue weighted by atomic mass is 35.5. The van der Waals surface area contributed by atoms with E-state index in [0.717, 1.165) is 0 Å². The number of likely N-dealkylation sites (N-methyl/N-ethyl adjacent to an activating group) is 1. The summed E-state index contributed by atoms with van der Waals surface area (Å²) in [6.07, 6.45) is 1.85. The quantitative estimate of drug-likeness (QED) is 0.223. The summed E-state index contributed by atoms with van der Waals surface area (Å²) in [5.41, 5.74) is 1.86. The summed E-state index contributed by atoms with van der Waals surface area (Å²) in [5, 5.41) is 0.826. The predicted molar refractivity (Wildman–Crippen MR) is 167 cm³/mol. The molecule has 1 fully saturated rings. The zero-order valence-electron chi connectivity index (χ0n) is 23.9. The van der Waals surface area contributed by atoms with Crippen LogP contribution in [-0.2, 0) is 21.2 Å². The largest absolute Gasteiger partial charge is 0.464 e. The highest BCUT2D eigenvalue weighted by Gasteiger charge is 2.28. The van der Waals surface area contributed by atoms with Crippen LogP contribution in [0.25, 0.3) is 16.6 Å². The van der Waals surface area contributed by atoms with Crippen LogP contribution in [-0.4, -0.2) is 68.5 Å². The monoisotopic (exact) mass is 607 g/mol. The molecule has 220 valence electrons. The van der Waals surface area contributed by atoms with Crippen LogP contribution in [0.15, 0.2) is 95.1 Å². The van der Waals surface area contributed by atoms with Gasteiger partial charge in [0, 0.05) is 54.3 Å². The van der Waals surface area contributed by atoms with Crippen molar-refractivity contribution in [2.45, 2.75) is 18.2 Å². The lowest BCUT2D eigenvalue weighted by Gasteiger charge is -2.31. The fourth-order valence-corrected chi connectivity index (χ4v) is 6.48. The Bertz CT molecular complexity index is 1750. The van der Waals surface area contributed by atoms with E-state index in [0.29, 0.717) is 53.4 Å². The van der Waals surface area contributed by atoms with Crippen molar-refractivity contribution < 1.29 is 17.9 Å². The van der Waals surface area contributed by atoms with E-state index in [1.807, 2.05) is 44.3 Å². The number of methoxy groups -OCH3 is 1. The van der Waals surface area contributed by atoms with Crippen LogP contribution in [0.4, 0.5) is 0 Å². The maximum Gasteiger partial charge on any atom is 0.355 e. The number of carbonyl (C=O) groups excluding carboxylic acids is 1. The van der Waals surface area contributed by atoms with Gasteiger partial charge in [-0.05, 0) is 62.0 Å². The van der Waals surface area contributed by atoms with Crippen LogP contribution in [0.2, 0.25) is 5.02 Å². The Labute approximate surface area is 251 Å². The van der Waals surface area contributed by atoms with E-state index >= 15 is 0 Å². The molecule has 1 aromatic heterocycles. The molecular formula is C32H34ClN3O5S. The van der Waals surface area contributed by atoms with Crippen molar-refractivity contribution in [3.8, 4) is 5.69 Å². The topological polar surface area (TPSA) is 88.9 Å². The highest BCUT2D eigenvalue weighted by Crippen LogP contribution is 2.27. The highest BCUT2D eigenvalue weighted by molar-refractivity contribution is 7.89. The third kappa shape index (κ3) is 6.50. The van der Waals surface area contributed by atoms with Crippen LogP contribution in [0.3, 0.4) is 0 Å². The van der Waals surface area contributed by atoms with E-state index in [-0.39, 0.29) is 28.0 Å². The summed E-state index contributed by atoms with van der Waals surface area (Å²) in [6.45, 7) is 7.47. The van der Waals surface area contributed by atoms with Crippen LogP contribution >= 0.6 is 11.6 Å². The lowest BCUT2D eigenvalue weighted by Crippen LogP contribution is -2.46. The van der Waals surface area contributed by atoms with E-state index in [9.17, 15) is 18.0 Å². The van der Waals surface area contributed by atoms with Gasteiger partial charge in [0.05, 0.1) is 17.5 Å². The van der Waals surface area contributed by atoms with Crippen LogP contribution in [0.1, 0.15) is 28.5 Å². The summed E-state index contributed by atoms with van der Waals surface area (Å²) < 4.78 is 34.6. The molecule has 0 spiro atoms. The molecule has 0 amide bonds. The summed E-state index contributed by atoms with van der Waals surface area (Å²) in [4.78, 5) is 29.2. The molecule has 0 N–H and O–H groups in total. The summed E-state index contributed by atoms with van der Waals surface area (Å²) >= 11 is 6.29. The van der Waals surface area contributed by atoms with Crippen molar-refractivity contribution in [2.75, 3.05) is 40.3 Å². The summed E-state index contributed by atoms with van der Waals surface area (Å²) in [5.74, 6) is -0.665. The molecule has 1 aliphatic rings. The second kappa shape index (κ2) is 13.5. The Morgan fingerprint density at radius 1 is 1.00 bits per heavy atom. The molecule has 42 heavy (non-hydrogen) atoms. The zero-order valence-corrected chi connectivity index (χ0v) is 25.5. The molecule has 1 saturated heterocycles. The molecular weight excluding hydrogens is 574 g/mol. The molecule has 4 aromatic rings. The number of hydrogen-bond donors (Lipinski definition) is 0. The number of fused-ring (bicyclic) bond motifs is 1. The number of ether oxygens (including phenoxy) is 1. The zero-order chi connectivity index (χ0) is 30.4. The Hall–Kier alpha value is -3.76. The fourth-order valence-electron chi connectivity index (χ4n) is 4.89. The van der Waals surface area contributed by atoms with Gasteiger partial charge in [-0.25, -0.2) is 13.2 Å². The molecule has 0 unspecified atom stereocenters. The first-order valence-electron chi connectivity index (χ1n) is 13.5. The van der Waals surface area contributed by atoms with Crippen LogP contribution in [0.5, 0.6) is 0 Å². The minimum atomic E-state index is -3.63. The summed E-state index contributed by atoms with van der Waals surface area (Å²) in [6, 6.07) is 20.6. The number of para-hydroxylation sites is 1.